The van der Waals surface area contributed by atoms with Gasteiger partial charge in [-0.15, -0.1) is 11.3 Å². The van der Waals surface area contributed by atoms with Crippen LogP contribution in [0.25, 0.3) is 10.6 Å². The normalized spacial score (nSPS) is 20.0. The van der Waals surface area contributed by atoms with Gasteiger partial charge >= 0.3 is 0 Å². The van der Waals surface area contributed by atoms with Gasteiger partial charge in [-0.05, 0) is 45.2 Å². The molecule has 1 fully saturated rings. The molecule has 0 spiro atoms. The van der Waals surface area contributed by atoms with Crippen molar-refractivity contribution in [2.45, 2.75) is 56.7 Å². The Morgan fingerprint density at radius 3 is 2.78 bits per heavy atom. The molecule has 23 heavy (non-hydrogen) atoms. The van der Waals surface area contributed by atoms with E-state index in [1.165, 1.54) is 11.3 Å². The van der Waals surface area contributed by atoms with E-state index in [4.69, 9.17) is 4.52 Å². The Morgan fingerprint density at radius 2 is 2.13 bits per heavy atom. The largest absolute Gasteiger partial charge is 0.355 e. The van der Waals surface area contributed by atoms with Crippen molar-refractivity contribution in [3.63, 3.8) is 0 Å². The molecule has 0 amide bonds. The monoisotopic (exact) mass is 354 g/mol. The summed E-state index contributed by atoms with van der Waals surface area (Å²) in [5, 5.41) is 3.95. The lowest BCUT2D eigenvalue weighted by Gasteiger charge is -2.33. The van der Waals surface area contributed by atoms with E-state index >= 15 is 0 Å². The van der Waals surface area contributed by atoms with E-state index in [1.807, 2.05) is 19.9 Å². The first-order valence-corrected chi connectivity index (χ1v) is 10.3. The van der Waals surface area contributed by atoms with Crippen LogP contribution < -0.4 is 0 Å². The van der Waals surface area contributed by atoms with E-state index in [1.54, 1.807) is 10.4 Å². The second-order valence-corrected chi connectivity index (χ2v) is 9.22. The molecule has 0 unspecified atom stereocenters. The Kier molecular flexibility index (Phi) is 4.62. The number of rotatable bonds is 4. The highest BCUT2D eigenvalue weighted by Crippen LogP contribution is 2.36. The lowest BCUT2D eigenvalue weighted by atomic mass is 10.0. The highest BCUT2D eigenvalue weighted by molar-refractivity contribution is 7.91. The number of aryl methyl sites for hydroxylation is 1. The van der Waals surface area contributed by atoms with Crippen molar-refractivity contribution < 1.29 is 12.9 Å². The number of hydrogen-bond acceptors (Lipinski definition) is 5. The molecule has 3 rings (SSSR count). The number of piperidine rings is 1. The molecular formula is C16H22N2O3S2. The summed E-state index contributed by atoms with van der Waals surface area (Å²) in [7, 11) is -3.43. The topological polar surface area (TPSA) is 63.4 Å². The zero-order valence-corrected chi connectivity index (χ0v) is 15.3. The highest BCUT2D eigenvalue weighted by atomic mass is 32.2. The van der Waals surface area contributed by atoms with Crippen molar-refractivity contribution in [1.82, 2.24) is 9.46 Å². The summed E-state index contributed by atoms with van der Waals surface area (Å²) in [5.74, 6) is 0.666. The van der Waals surface area contributed by atoms with Crippen LogP contribution in [0, 0.1) is 13.8 Å². The molecule has 0 N–H and O–H groups in total. The van der Waals surface area contributed by atoms with Crippen LogP contribution in [0.1, 0.15) is 43.9 Å². The van der Waals surface area contributed by atoms with Crippen LogP contribution in [0.15, 0.2) is 20.9 Å². The number of thiophene rings is 1. The summed E-state index contributed by atoms with van der Waals surface area (Å²) >= 11 is 1.26. The van der Waals surface area contributed by atoms with E-state index in [0.717, 1.165) is 41.8 Å². The standard InChI is InChI=1S/C16H22N2O3S2/c1-4-13-7-5-6-10-18(13)23(19,20)15-9-8-14(22-15)16-11(2)12(3)17-21-16/h8-9,13H,4-7,10H2,1-3H3/t13-/m0/s1. The average molecular weight is 354 g/mol. The lowest BCUT2D eigenvalue weighted by molar-refractivity contribution is 0.247. The molecule has 0 aromatic carbocycles. The van der Waals surface area contributed by atoms with Gasteiger partial charge in [0.2, 0.25) is 0 Å². The van der Waals surface area contributed by atoms with Gasteiger partial charge in [0.25, 0.3) is 10.0 Å². The van der Waals surface area contributed by atoms with Crippen LogP contribution in [0.2, 0.25) is 0 Å². The summed E-state index contributed by atoms with van der Waals surface area (Å²) in [4.78, 5) is 0.812. The summed E-state index contributed by atoms with van der Waals surface area (Å²) in [6, 6.07) is 3.62. The van der Waals surface area contributed by atoms with Crippen LogP contribution in [0.3, 0.4) is 0 Å². The fourth-order valence-electron chi connectivity index (χ4n) is 3.04. The summed E-state index contributed by atoms with van der Waals surface area (Å²) in [5.41, 5.74) is 1.79. The maximum absolute atomic E-state index is 13.0. The third-order valence-electron chi connectivity index (χ3n) is 4.57. The van der Waals surface area contributed by atoms with Crippen molar-refractivity contribution in [3.8, 4) is 10.6 Å². The van der Waals surface area contributed by atoms with Gasteiger partial charge < -0.3 is 4.52 Å². The molecule has 0 saturated carbocycles. The highest BCUT2D eigenvalue weighted by Gasteiger charge is 2.33. The van der Waals surface area contributed by atoms with Gasteiger partial charge in [-0.3, -0.25) is 0 Å². The second kappa shape index (κ2) is 6.37. The molecule has 2 aromatic heterocycles. The Bertz CT molecular complexity index is 792. The third kappa shape index (κ3) is 2.97. The lowest BCUT2D eigenvalue weighted by Crippen LogP contribution is -2.42. The van der Waals surface area contributed by atoms with Crippen molar-refractivity contribution >= 4 is 21.4 Å². The molecule has 0 bridgehead atoms. The van der Waals surface area contributed by atoms with Crippen molar-refractivity contribution in [3.05, 3.63) is 23.4 Å². The first-order chi connectivity index (χ1) is 10.9. The zero-order valence-electron chi connectivity index (χ0n) is 13.7. The predicted octanol–water partition coefficient (Wildman–Crippen LogP) is 3.97. The van der Waals surface area contributed by atoms with Crippen LogP contribution in [-0.2, 0) is 10.0 Å². The number of hydrogen-bond donors (Lipinski definition) is 0. The van der Waals surface area contributed by atoms with Crippen LogP contribution >= 0.6 is 11.3 Å². The molecule has 1 saturated heterocycles. The third-order valence-corrected chi connectivity index (χ3v) is 8.07. The minimum Gasteiger partial charge on any atom is -0.355 e. The fraction of sp³-hybridized carbons (Fsp3) is 0.562. The van der Waals surface area contributed by atoms with Gasteiger partial charge in [-0.2, -0.15) is 4.31 Å². The number of aromatic nitrogens is 1. The molecule has 126 valence electrons. The Balaban J connectivity index is 1.94. The van der Waals surface area contributed by atoms with Gasteiger partial charge in [-0.1, -0.05) is 18.5 Å². The first kappa shape index (κ1) is 16.7. The zero-order chi connectivity index (χ0) is 16.6. The van der Waals surface area contributed by atoms with E-state index in [-0.39, 0.29) is 6.04 Å². The molecule has 0 aliphatic carbocycles. The van der Waals surface area contributed by atoms with Crippen molar-refractivity contribution in [2.24, 2.45) is 0 Å². The van der Waals surface area contributed by atoms with Crippen LogP contribution in [0.4, 0.5) is 0 Å². The average Bonchev–Trinajstić information content (AvgIpc) is 3.16. The summed E-state index contributed by atoms with van der Waals surface area (Å²) < 4.78 is 33.4. The minimum atomic E-state index is -3.43. The molecule has 7 heteroatoms. The van der Waals surface area contributed by atoms with Gasteiger partial charge in [0.15, 0.2) is 5.76 Å². The molecule has 0 radical (unpaired) electrons. The summed E-state index contributed by atoms with van der Waals surface area (Å²) in [6.45, 7) is 6.49. The van der Waals surface area contributed by atoms with Gasteiger partial charge in [0.05, 0.1) is 10.6 Å². The molecule has 5 nitrogen and oxygen atoms in total. The molecule has 1 aliphatic heterocycles. The fourth-order valence-corrected chi connectivity index (χ4v) is 6.28. The van der Waals surface area contributed by atoms with Crippen LogP contribution in [0.5, 0.6) is 0 Å². The maximum Gasteiger partial charge on any atom is 0.252 e. The van der Waals surface area contributed by atoms with Gasteiger partial charge in [0.1, 0.15) is 4.21 Å². The molecule has 1 aliphatic rings. The molecule has 3 heterocycles. The summed E-state index contributed by atoms with van der Waals surface area (Å²) in [6.07, 6.45) is 3.86. The quantitative estimate of drug-likeness (QED) is 0.833. The molecule has 1 atom stereocenters. The molecular weight excluding hydrogens is 332 g/mol. The maximum atomic E-state index is 13.0. The first-order valence-electron chi connectivity index (χ1n) is 8.00. The van der Waals surface area contributed by atoms with E-state index in [9.17, 15) is 8.42 Å². The Labute approximate surface area is 141 Å². The number of sulfonamides is 1. The van der Waals surface area contributed by atoms with E-state index < -0.39 is 10.0 Å². The Hall–Kier alpha value is -1.18. The van der Waals surface area contributed by atoms with Crippen LogP contribution in [-0.4, -0.2) is 30.5 Å². The van der Waals surface area contributed by atoms with Crippen molar-refractivity contribution in [2.75, 3.05) is 6.54 Å². The molecule has 2 aromatic rings. The van der Waals surface area contributed by atoms with Gasteiger partial charge in [0, 0.05) is 18.2 Å². The Morgan fingerprint density at radius 1 is 1.35 bits per heavy atom. The van der Waals surface area contributed by atoms with Gasteiger partial charge in [-0.25, -0.2) is 8.42 Å². The SMILES string of the molecule is CC[C@H]1CCCCN1S(=O)(=O)c1ccc(-c2onc(C)c2C)s1. The number of nitrogens with zero attached hydrogens (tertiary/aromatic N) is 2. The predicted molar refractivity (Wildman–Crippen MR) is 91.1 cm³/mol. The second-order valence-electron chi connectivity index (χ2n) is 6.01. The minimum absolute atomic E-state index is 0.119. The van der Waals surface area contributed by atoms with E-state index in [0.29, 0.717) is 16.5 Å². The van der Waals surface area contributed by atoms with E-state index in [2.05, 4.69) is 12.1 Å². The van der Waals surface area contributed by atoms with Crippen molar-refractivity contribution in [1.29, 1.82) is 0 Å². The smallest absolute Gasteiger partial charge is 0.252 e.